The zero-order chi connectivity index (χ0) is 20.0. The maximum Gasteiger partial charge on any atom is 0.310 e. The highest BCUT2D eigenvalue weighted by Gasteiger charge is 2.30. The van der Waals surface area contributed by atoms with Crippen molar-refractivity contribution in [3.05, 3.63) is 59.2 Å². The highest BCUT2D eigenvalue weighted by atomic mass is 16.5. The molecule has 5 rings (SSSR count). The van der Waals surface area contributed by atoms with Gasteiger partial charge in [0.1, 0.15) is 5.75 Å². The molecule has 1 unspecified atom stereocenters. The van der Waals surface area contributed by atoms with Crippen LogP contribution in [-0.4, -0.2) is 26.2 Å². The lowest BCUT2D eigenvalue weighted by atomic mass is 9.81. The summed E-state index contributed by atoms with van der Waals surface area (Å²) in [5.74, 6) is 1.32. The summed E-state index contributed by atoms with van der Waals surface area (Å²) in [6.07, 6.45) is 2.46. The van der Waals surface area contributed by atoms with Crippen molar-refractivity contribution in [3.8, 4) is 16.9 Å². The van der Waals surface area contributed by atoms with Crippen molar-refractivity contribution in [2.75, 3.05) is 25.6 Å². The molecule has 1 atom stereocenters. The third-order valence-electron chi connectivity index (χ3n) is 6.33. The number of carbonyl (C=O) groups is 1. The summed E-state index contributed by atoms with van der Waals surface area (Å²) in [7, 11) is 1.45. The molecule has 0 radical (unpaired) electrons. The van der Waals surface area contributed by atoms with E-state index in [-0.39, 0.29) is 12.4 Å². The van der Waals surface area contributed by atoms with Crippen LogP contribution >= 0.6 is 0 Å². The van der Waals surface area contributed by atoms with E-state index in [1.54, 1.807) is 0 Å². The molecule has 1 N–H and O–H groups in total. The number of ether oxygens (including phenoxy) is 2. The molecule has 3 aromatic carbocycles. The van der Waals surface area contributed by atoms with Crippen LogP contribution in [0.3, 0.4) is 0 Å². The topological polar surface area (TPSA) is 47.6 Å². The van der Waals surface area contributed by atoms with Gasteiger partial charge in [0.15, 0.2) is 0 Å². The molecule has 2 heterocycles. The quantitative estimate of drug-likeness (QED) is 0.627. The Bertz CT molecular complexity index is 1120. The number of hydrogen-bond donors (Lipinski definition) is 1. The van der Waals surface area contributed by atoms with Crippen LogP contribution in [0.1, 0.15) is 35.4 Å². The molecule has 0 saturated heterocycles. The van der Waals surface area contributed by atoms with Gasteiger partial charge in [-0.25, -0.2) is 0 Å². The second-order valence-corrected chi connectivity index (χ2v) is 7.97. The maximum atomic E-state index is 12.2. The lowest BCUT2D eigenvalue weighted by molar-refractivity contribution is -0.139. The molecule has 0 amide bonds. The molecule has 3 aromatic rings. The van der Waals surface area contributed by atoms with Gasteiger partial charge in [-0.05, 0) is 65.3 Å². The predicted octanol–water partition coefficient (Wildman–Crippen LogP) is 5.21. The molecule has 4 heteroatoms. The summed E-state index contributed by atoms with van der Waals surface area (Å²) in [5, 5.41) is 5.99. The summed E-state index contributed by atoms with van der Waals surface area (Å²) in [6, 6.07) is 14.8. The van der Waals surface area contributed by atoms with Crippen molar-refractivity contribution in [2.24, 2.45) is 0 Å². The van der Waals surface area contributed by atoms with E-state index in [4.69, 9.17) is 9.47 Å². The number of anilines is 1. The first-order valence-corrected chi connectivity index (χ1v) is 10.3. The average Bonchev–Trinajstić information content (AvgIpc) is 2.75. The number of carbonyl (C=O) groups excluding carboxylic acids is 1. The lowest BCUT2D eigenvalue weighted by Gasteiger charge is -2.34. The lowest BCUT2D eigenvalue weighted by Crippen LogP contribution is -2.24. The second-order valence-electron chi connectivity index (χ2n) is 7.97. The molecule has 0 fully saturated rings. The molecular weight excluding hydrogens is 362 g/mol. The van der Waals surface area contributed by atoms with Crippen molar-refractivity contribution in [1.82, 2.24) is 0 Å². The summed E-state index contributed by atoms with van der Waals surface area (Å²) >= 11 is 0. The van der Waals surface area contributed by atoms with Gasteiger partial charge in [0.25, 0.3) is 0 Å². The molecule has 0 aromatic heterocycles. The van der Waals surface area contributed by atoms with E-state index in [2.05, 4.69) is 54.7 Å². The van der Waals surface area contributed by atoms with Crippen LogP contribution < -0.4 is 10.1 Å². The molecular formula is C25H25NO3. The number of esters is 1. The van der Waals surface area contributed by atoms with Crippen LogP contribution in [-0.2, 0) is 16.0 Å². The fourth-order valence-corrected chi connectivity index (χ4v) is 4.93. The number of aryl methyl sites for hydroxylation is 1. The van der Waals surface area contributed by atoms with Gasteiger partial charge in [0, 0.05) is 23.4 Å². The highest BCUT2D eigenvalue weighted by Crippen LogP contribution is 2.49. The first-order chi connectivity index (χ1) is 14.2. The Morgan fingerprint density at radius 3 is 2.93 bits per heavy atom. The van der Waals surface area contributed by atoms with Gasteiger partial charge < -0.3 is 14.8 Å². The van der Waals surface area contributed by atoms with Crippen LogP contribution in [0.5, 0.6) is 5.75 Å². The van der Waals surface area contributed by atoms with Gasteiger partial charge in [-0.3, -0.25) is 4.79 Å². The Balaban J connectivity index is 1.82. The van der Waals surface area contributed by atoms with Crippen LogP contribution in [0.25, 0.3) is 21.9 Å². The monoisotopic (exact) mass is 387 g/mol. The molecule has 4 nitrogen and oxygen atoms in total. The van der Waals surface area contributed by atoms with E-state index in [0.29, 0.717) is 5.92 Å². The Kier molecular flexibility index (Phi) is 4.42. The van der Waals surface area contributed by atoms with Gasteiger partial charge in [-0.2, -0.15) is 0 Å². The normalized spacial score (nSPS) is 17.2. The fourth-order valence-electron chi connectivity index (χ4n) is 4.93. The summed E-state index contributed by atoms with van der Waals surface area (Å²) in [6.45, 7) is 3.83. The fraction of sp³-hybridized carbons (Fsp3) is 0.320. The smallest absolute Gasteiger partial charge is 0.310 e. The van der Waals surface area contributed by atoms with E-state index in [1.807, 2.05) is 0 Å². The molecule has 2 aliphatic rings. The van der Waals surface area contributed by atoms with Gasteiger partial charge in [-0.1, -0.05) is 30.3 Å². The standard InChI is InChI=1S/C25H25NO3/c1-15-13-17-5-3-4-6-18(17)24(20(15)14-22(27)28-2)19-7-8-21-23-16(10-12-29-21)9-11-26-25(19)23/h3-8,13,16,26H,9-12,14H2,1-2H3. The minimum atomic E-state index is -0.217. The van der Waals surface area contributed by atoms with E-state index in [0.717, 1.165) is 59.4 Å². The molecule has 0 aliphatic carbocycles. The SMILES string of the molecule is COC(=O)Cc1c(C)cc2ccccc2c1-c1ccc2c3c1NCCC3CCO2. The minimum Gasteiger partial charge on any atom is -0.493 e. The third-order valence-corrected chi connectivity index (χ3v) is 6.33. The first kappa shape index (κ1) is 18.0. The minimum absolute atomic E-state index is 0.217. The van der Waals surface area contributed by atoms with E-state index in [1.165, 1.54) is 23.7 Å². The zero-order valence-corrected chi connectivity index (χ0v) is 16.9. The molecule has 29 heavy (non-hydrogen) atoms. The third kappa shape index (κ3) is 2.94. The van der Waals surface area contributed by atoms with Crippen LogP contribution in [0, 0.1) is 6.92 Å². The number of nitrogens with one attached hydrogen (secondary N) is 1. The number of benzene rings is 3. The van der Waals surface area contributed by atoms with E-state index < -0.39 is 0 Å². The van der Waals surface area contributed by atoms with Gasteiger partial charge in [0.05, 0.1) is 20.1 Å². The number of hydrogen-bond acceptors (Lipinski definition) is 4. The molecule has 0 spiro atoms. The molecule has 148 valence electrons. The van der Waals surface area contributed by atoms with Gasteiger partial charge in [0.2, 0.25) is 0 Å². The van der Waals surface area contributed by atoms with Crippen molar-refractivity contribution in [2.45, 2.75) is 32.1 Å². The van der Waals surface area contributed by atoms with Crippen molar-refractivity contribution >= 4 is 22.4 Å². The molecule has 2 aliphatic heterocycles. The number of fused-ring (bicyclic) bond motifs is 1. The van der Waals surface area contributed by atoms with Crippen LogP contribution in [0.15, 0.2) is 42.5 Å². The summed E-state index contributed by atoms with van der Waals surface area (Å²) in [5.41, 5.74) is 6.89. The van der Waals surface area contributed by atoms with Crippen molar-refractivity contribution in [3.63, 3.8) is 0 Å². The first-order valence-electron chi connectivity index (χ1n) is 10.3. The molecule has 0 saturated carbocycles. The Labute approximate surface area is 170 Å². The largest absolute Gasteiger partial charge is 0.493 e. The Morgan fingerprint density at radius 1 is 1.21 bits per heavy atom. The van der Waals surface area contributed by atoms with Crippen LogP contribution in [0.2, 0.25) is 0 Å². The Hall–Kier alpha value is -3.01. The molecule has 0 bridgehead atoms. The number of rotatable bonds is 3. The van der Waals surface area contributed by atoms with E-state index in [9.17, 15) is 4.79 Å². The summed E-state index contributed by atoms with van der Waals surface area (Å²) in [4.78, 5) is 12.2. The predicted molar refractivity (Wildman–Crippen MR) is 116 cm³/mol. The Morgan fingerprint density at radius 2 is 2.07 bits per heavy atom. The highest BCUT2D eigenvalue weighted by molar-refractivity contribution is 6.03. The van der Waals surface area contributed by atoms with E-state index >= 15 is 0 Å². The summed E-state index contributed by atoms with van der Waals surface area (Å²) < 4.78 is 11.0. The van der Waals surface area contributed by atoms with Gasteiger partial charge in [-0.15, -0.1) is 0 Å². The van der Waals surface area contributed by atoms with Gasteiger partial charge >= 0.3 is 5.97 Å². The average molecular weight is 387 g/mol. The maximum absolute atomic E-state index is 12.2. The van der Waals surface area contributed by atoms with Crippen molar-refractivity contribution < 1.29 is 14.3 Å². The van der Waals surface area contributed by atoms with Crippen molar-refractivity contribution in [1.29, 1.82) is 0 Å². The second kappa shape index (κ2) is 7.11. The zero-order valence-electron chi connectivity index (χ0n) is 16.9. The number of methoxy groups -OCH3 is 1. The van der Waals surface area contributed by atoms with Crippen LogP contribution in [0.4, 0.5) is 5.69 Å².